The zero-order valence-corrected chi connectivity index (χ0v) is 15.3. The van der Waals surface area contributed by atoms with E-state index in [0.29, 0.717) is 5.92 Å². The van der Waals surface area contributed by atoms with E-state index in [1.165, 1.54) is 0 Å². The second kappa shape index (κ2) is 8.26. The normalized spacial score (nSPS) is 11.3. The van der Waals surface area contributed by atoms with Gasteiger partial charge in [-0.1, -0.05) is 44.2 Å². The first kappa shape index (κ1) is 17.7. The maximum atomic E-state index is 12.6. The zero-order chi connectivity index (χ0) is 16.8. The van der Waals surface area contributed by atoms with Crippen LogP contribution in [0.2, 0.25) is 0 Å². The Kier molecular flexibility index (Phi) is 6.36. The van der Waals surface area contributed by atoms with Gasteiger partial charge in [-0.15, -0.1) is 0 Å². The van der Waals surface area contributed by atoms with E-state index in [1.807, 2.05) is 56.3 Å². The van der Waals surface area contributed by atoms with Gasteiger partial charge in [-0.05, 0) is 63.3 Å². The maximum absolute atomic E-state index is 12.6. The maximum Gasteiger partial charge on any atom is 0.186 e. The number of carbonyl (C=O) groups is 1. The topological polar surface area (TPSA) is 26.3 Å². The highest BCUT2D eigenvalue weighted by atomic mass is 31.1. The number of carbonyl (C=O) groups excluding carboxylic acids is 1. The lowest BCUT2D eigenvalue weighted by atomic mass is 10.0. The number of hydrogen-bond donors (Lipinski definition) is 0. The molecule has 0 aliphatic rings. The van der Waals surface area contributed by atoms with Crippen molar-refractivity contribution in [2.45, 2.75) is 34.1 Å². The van der Waals surface area contributed by atoms with E-state index in [9.17, 15) is 4.79 Å². The van der Waals surface area contributed by atoms with Crippen LogP contribution >= 0.6 is 8.58 Å². The lowest BCUT2D eigenvalue weighted by Crippen LogP contribution is -2.05. The summed E-state index contributed by atoms with van der Waals surface area (Å²) in [6.07, 6.45) is 1.05. The van der Waals surface area contributed by atoms with E-state index < -0.39 is 0 Å². The molecule has 0 amide bonds. The van der Waals surface area contributed by atoms with Gasteiger partial charge in [-0.3, -0.25) is 4.79 Å². The molecule has 0 fully saturated rings. The molecule has 3 heteroatoms. The van der Waals surface area contributed by atoms with Gasteiger partial charge < -0.3 is 4.74 Å². The largest absolute Gasteiger partial charge is 0.494 e. The lowest BCUT2D eigenvalue weighted by Gasteiger charge is -2.10. The molecular weight excluding hydrogens is 303 g/mol. The minimum absolute atomic E-state index is 0.149. The Balaban J connectivity index is 1.99. The van der Waals surface area contributed by atoms with Gasteiger partial charge in [0.25, 0.3) is 0 Å². The van der Waals surface area contributed by atoms with Gasteiger partial charge in [0.15, 0.2) is 5.52 Å². The zero-order valence-electron chi connectivity index (χ0n) is 14.3. The fourth-order valence-electron chi connectivity index (χ4n) is 2.41. The second-order valence-corrected chi connectivity index (χ2v) is 7.56. The molecule has 0 spiro atoms. The highest BCUT2D eigenvalue weighted by Crippen LogP contribution is 2.24. The van der Waals surface area contributed by atoms with Crippen LogP contribution in [-0.2, 0) is 0 Å². The summed E-state index contributed by atoms with van der Waals surface area (Å²) in [4.78, 5) is 12.6. The molecule has 0 saturated heterocycles. The van der Waals surface area contributed by atoms with Gasteiger partial charge in [0.1, 0.15) is 5.75 Å². The van der Waals surface area contributed by atoms with E-state index >= 15 is 0 Å². The van der Waals surface area contributed by atoms with Gasteiger partial charge in [-0.25, -0.2) is 0 Å². The Labute approximate surface area is 141 Å². The molecular formula is C20H25O2P. The molecule has 122 valence electrons. The van der Waals surface area contributed by atoms with Crippen molar-refractivity contribution < 1.29 is 9.53 Å². The molecule has 2 aromatic rings. The van der Waals surface area contributed by atoms with Crippen LogP contribution < -0.4 is 10.0 Å². The van der Waals surface area contributed by atoms with Gasteiger partial charge >= 0.3 is 0 Å². The van der Waals surface area contributed by atoms with Crippen LogP contribution in [0.4, 0.5) is 0 Å². The number of benzene rings is 2. The van der Waals surface area contributed by atoms with Crippen LogP contribution in [0.25, 0.3) is 0 Å². The van der Waals surface area contributed by atoms with Gasteiger partial charge in [0.2, 0.25) is 0 Å². The predicted octanol–water partition coefficient (Wildman–Crippen LogP) is 4.87. The van der Waals surface area contributed by atoms with E-state index in [2.05, 4.69) is 13.8 Å². The number of ether oxygens (including phenoxy) is 1. The van der Waals surface area contributed by atoms with Gasteiger partial charge in [0.05, 0.1) is 6.61 Å². The van der Waals surface area contributed by atoms with E-state index in [4.69, 9.17) is 4.74 Å². The quantitative estimate of drug-likeness (QED) is 0.678. The summed E-state index contributed by atoms with van der Waals surface area (Å²) >= 11 is 0. The SMILES string of the molecule is Cc1cccc(C)c1C(=O)Pc1ccc(OCCC(C)C)cc1. The summed E-state index contributed by atoms with van der Waals surface area (Å²) in [6.45, 7) is 9.10. The molecule has 2 aromatic carbocycles. The average molecular weight is 328 g/mol. The molecule has 0 bridgehead atoms. The van der Waals surface area contributed by atoms with Crippen molar-refractivity contribution in [1.29, 1.82) is 0 Å². The average Bonchev–Trinajstić information content (AvgIpc) is 2.48. The minimum atomic E-state index is 0.149. The highest BCUT2D eigenvalue weighted by molar-refractivity contribution is 7.66. The van der Waals surface area contributed by atoms with E-state index in [1.54, 1.807) is 0 Å². The van der Waals surface area contributed by atoms with Crippen LogP contribution in [-0.4, -0.2) is 12.1 Å². The summed E-state index contributed by atoms with van der Waals surface area (Å²) in [7, 11) is 0.149. The molecule has 0 radical (unpaired) electrons. The van der Waals surface area contributed by atoms with Crippen LogP contribution in [0.5, 0.6) is 5.75 Å². The molecule has 0 aliphatic heterocycles. The molecule has 0 N–H and O–H groups in total. The molecule has 0 saturated carbocycles. The fourth-order valence-corrected chi connectivity index (χ4v) is 3.53. The Morgan fingerprint density at radius 1 is 1.04 bits per heavy atom. The monoisotopic (exact) mass is 328 g/mol. The number of hydrogen-bond acceptors (Lipinski definition) is 2. The smallest absolute Gasteiger partial charge is 0.186 e. The fraction of sp³-hybridized carbons (Fsp3) is 0.350. The molecule has 23 heavy (non-hydrogen) atoms. The summed E-state index contributed by atoms with van der Waals surface area (Å²) in [5, 5.41) is 1.05. The van der Waals surface area contributed by atoms with Gasteiger partial charge in [-0.2, -0.15) is 0 Å². The van der Waals surface area contributed by atoms with Crippen molar-refractivity contribution in [2.75, 3.05) is 6.61 Å². The molecule has 0 aliphatic carbocycles. The van der Waals surface area contributed by atoms with Crippen LogP contribution in [0.15, 0.2) is 42.5 Å². The number of rotatable bonds is 7. The molecule has 2 rings (SSSR count). The summed E-state index contributed by atoms with van der Waals surface area (Å²) in [5.41, 5.74) is 3.17. The Morgan fingerprint density at radius 3 is 2.22 bits per heavy atom. The van der Waals surface area contributed by atoms with Crippen LogP contribution in [0, 0.1) is 19.8 Å². The van der Waals surface area contributed by atoms with Crippen LogP contribution in [0.3, 0.4) is 0 Å². The third-order valence-corrected chi connectivity index (χ3v) is 4.88. The molecule has 0 aromatic heterocycles. The first-order valence-corrected chi connectivity index (χ1v) is 9.08. The first-order valence-electron chi connectivity index (χ1n) is 8.08. The Bertz CT molecular complexity index is 640. The van der Waals surface area contributed by atoms with Crippen molar-refractivity contribution in [3.05, 3.63) is 59.2 Å². The third-order valence-electron chi connectivity index (χ3n) is 3.78. The summed E-state index contributed by atoms with van der Waals surface area (Å²) in [5.74, 6) is 1.52. The standard InChI is InChI=1S/C20H25O2P/c1-14(2)12-13-22-17-8-10-18(11-9-17)23-20(21)19-15(3)6-5-7-16(19)4/h5-11,14,23H,12-13H2,1-4H3. The molecule has 1 atom stereocenters. The summed E-state index contributed by atoms with van der Waals surface area (Å²) in [6, 6.07) is 13.9. The lowest BCUT2D eigenvalue weighted by molar-refractivity contribution is 0.108. The molecule has 2 nitrogen and oxygen atoms in total. The first-order chi connectivity index (χ1) is 11.0. The van der Waals surface area contributed by atoms with Crippen molar-refractivity contribution in [2.24, 2.45) is 5.92 Å². The second-order valence-electron chi connectivity index (χ2n) is 6.28. The predicted molar refractivity (Wildman–Crippen MR) is 99.6 cm³/mol. The van der Waals surface area contributed by atoms with Crippen LogP contribution in [0.1, 0.15) is 41.8 Å². The van der Waals surface area contributed by atoms with Gasteiger partial charge in [0, 0.05) is 5.56 Å². The molecule has 0 heterocycles. The third kappa shape index (κ3) is 5.18. The van der Waals surface area contributed by atoms with Crippen molar-refractivity contribution in [1.82, 2.24) is 0 Å². The molecule has 1 unspecified atom stereocenters. The van der Waals surface area contributed by atoms with E-state index in [-0.39, 0.29) is 14.1 Å². The summed E-state index contributed by atoms with van der Waals surface area (Å²) < 4.78 is 5.72. The van der Waals surface area contributed by atoms with Crippen molar-refractivity contribution in [3.8, 4) is 5.75 Å². The number of aryl methyl sites for hydroxylation is 2. The minimum Gasteiger partial charge on any atom is -0.494 e. The Morgan fingerprint density at radius 2 is 1.65 bits per heavy atom. The van der Waals surface area contributed by atoms with E-state index in [0.717, 1.165) is 40.8 Å². The highest BCUT2D eigenvalue weighted by Gasteiger charge is 2.12. The van der Waals surface area contributed by atoms with Crippen molar-refractivity contribution in [3.63, 3.8) is 0 Å². The Hall–Kier alpha value is -1.66. The van der Waals surface area contributed by atoms with Crippen molar-refractivity contribution >= 4 is 19.4 Å².